The minimum absolute atomic E-state index is 0.485. The molecule has 0 amide bonds. The lowest BCUT2D eigenvalue weighted by Crippen LogP contribution is -2.35. The molecule has 0 saturated heterocycles. The Morgan fingerprint density at radius 2 is 2.00 bits per heavy atom. The summed E-state index contributed by atoms with van der Waals surface area (Å²) in [7, 11) is 0. The molecule has 1 aliphatic heterocycles. The van der Waals surface area contributed by atoms with E-state index in [1.165, 1.54) is 37.7 Å². The molecule has 1 unspecified atom stereocenters. The van der Waals surface area contributed by atoms with E-state index < -0.39 is 6.23 Å². The third kappa shape index (κ3) is 2.70. The van der Waals surface area contributed by atoms with Crippen LogP contribution in [-0.4, -0.2) is 23.7 Å². The number of benzene rings is 1. The van der Waals surface area contributed by atoms with E-state index >= 15 is 0 Å². The molecule has 0 radical (unpaired) electrons. The summed E-state index contributed by atoms with van der Waals surface area (Å²) in [6, 6.07) is 5.92. The van der Waals surface area contributed by atoms with Crippen LogP contribution in [0.4, 0.5) is 5.69 Å². The number of hydrogen-bond acceptors (Lipinski definition) is 3. The highest BCUT2D eigenvalue weighted by Crippen LogP contribution is 2.33. The van der Waals surface area contributed by atoms with Crippen molar-refractivity contribution in [1.82, 2.24) is 0 Å². The van der Waals surface area contributed by atoms with Crippen LogP contribution in [0, 0.1) is 12.8 Å². The second kappa shape index (κ2) is 5.74. The zero-order chi connectivity index (χ0) is 14.1. The van der Waals surface area contributed by atoms with Crippen LogP contribution in [0.3, 0.4) is 0 Å². The van der Waals surface area contributed by atoms with Gasteiger partial charge >= 0.3 is 0 Å². The molecule has 4 heteroatoms. The summed E-state index contributed by atoms with van der Waals surface area (Å²) in [5.74, 6) is 1.54. The van der Waals surface area contributed by atoms with Crippen molar-refractivity contribution in [2.45, 2.75) is 45.3 Å². The summed E-state index contributed by atoms with van der Waals surface area (Å²) in [6.45, 7) is 2.63. The van der Waals surface area contributed by atoms with Crippen LogP contribution in [-0.2, 0) is 0 Å². The van der Waals surface area contributed by atoms with Crippen LogP contribution in [0.2, 0.25) is 5.02 Å². The molecule has 1 fully saturated rings. The van der Waals surface area contributed by atoms with E-state index in [-0.39, 0.29) is 0 Å². The Kier molecular flexibility index (Phi) is 3.99. The Hall–Kier alpha value is -1.06. The first-order chi connectivity index (χ1) is 9.65. The zero-order valence-electron chi connectivity index (χ0n) is 11.8. The molecule has 0 spiro atoms. The van der Waals surface area contributed by atoms with Gasteiger partial charge in [0.25, 0.3) is 0 Å². The molecule has 1 aromatic carbocycles. The van der Waals surface area contributed by atoms with Gasteiger partial charge in [-0.1, -0.05) is 36.9 Å². The normalized spacial score (nSPS) is 24.1. The van der Waals surface area contributed by atoms with Crippen LogP contribution >= 0.6 is 11.6 Å². The van der Waals surface area contributed by atoms with E-state index in [1.807, 2.05) is 18.2 Å². The Balaban J connectivity index is 1.91. The monoisotopic (exact) mass is 292 g/mol. The van der Waals surface area contributed by atoms with Crippen LogP contribution in [0.15, 0.2) is 23.2 Å². The van der Waals surface area contributed by atoms with Gasteiger partial charge < -0.3 is 10.0 Å². The standard InChI is InChI=1S/C16H21ClN2O/c1-11-7-8-13(17)9-14(11)19-10-15(20)18-16(19)12-5-3-2-4-6-12/h7-9,12,15,20H,2-6,10H2,1H3. The average Bonchev–Trinajstić information content (AvgIpc) is 2.84. The van der Waals surface area contributed by atoms with Gasteiger partial charge in [0.1, 0.15) is 5.84 Å². The SMILES string of the molecule is Cc1ccc(Cl)cc1N1CC(O)N=C1C1CCCCC1. The van der Waals surface area contributed by atoms with Crippen molar-refractivity contribution in [3.63, 3.8) is 0 Å². The van der Waals surface area contributed by atoms with Gasteiger partial charge in [0.05, 0.1) is 6.54 Å². The molecule has 20 heavy (non-hydrogen) atoms. The fourth-order valence-corrected chi connectivity index (χ4v) is 3.47. The minimum Gasteiger partial charge on any atom is -0.370 e. The molecule has 108 valence electrons. The van der Waals surface area contributed by atoms with Crippen LogP contribution < -0.4 is 4.90 Å². The average molecular weight is 293 g/mol. The quantitative estimate of drug-likeness (QED) is 0.901. The number of halogens is 1. The second-order valence-corrected chi connectivity index (χ2v) is 6.28. The lowest BCUT2D eigenvalue weighted by atomic mass is 9.88. The predicted octanol–water partition coefficient (Wildman–Crippen LogP) is 3.77. The first-order valence-electron chi connectivity index (χ1n) is 7.44. The summed E-state index contributed by atoms with van der Waals surface area (Å²) in [6.07, 6.45) is 5.61. The van der Waals surface area contributed by atoms with E-state index in [9.17, 15) is 5.11 Å². The molecule has 1 heterocycles. The molecule has 1 aliphatic carbocycles. The number of aliphatic hydroxyl groups is 1. The highest BCUT2D eigenvalue weighted by atomic mass is 35.5. The molecule has 0 bridgehead atoms. The van der Waals surface area contributed by atoms with Crippen LogP contribution in [0.1, 0.15) is 37.7 Å². The van der Waals surface area contributed by atoms with E-state index in [0.29, 0.717) is 12.5 Å². The molecule has 3 rings (SSSR count). The van der Waals surface area contributed by atoms with E-state index in [1.54, 1.807) is 0 Å². The number of aliphatic imine (C=N–C) groups is 1. The summed E-state index contributed by atoms with van der Waals surface area (Å²) in [4.78, 5) is 6.66. The second-order valence-electron chi connectivity index (χ2n) is 5.84. The molecule has 1 atom stereocenters. The van der Waals surface area contributed by atoms with Crippen molar-refractivity contribution in [3.05, 3.63) is 28.8 Å². The Labute approximate surface area is 125 Å². The topological polar surface area (TPSA) is 35.8 Å². The molecule has 0 aromatic heterocycles. The first kappa shape index (κ1) is 13.9. The molecular formula is C16H21ClN2O. The predicted molar refractivity (Wildman–Crippen MR) is 83.6 cm³/mol. The summed E-state index contributed by atoms with van der Waals surface area (Å²) in [5, 5.41) is 10.7. The highest BCUT2D eigenvalue weighted by Gasteiger charge is 2.32. The van der Waals surface area contributed by atoms with Crippen molar-refractivity contribution in [3.8, 4) is 0 Å². The highest BCUT2D eigenvalue weighted by molar-refractivity contribution is 6.31. The number of aryl methyl sites for hydroxylation is 1. The van der Waals surface area contributed by atoms with E-state index in [2.05, 4.69) is 16.8 Å². The fraction of sp³-hybridized carbons (Fsp3) is 0.562. The molecule has 3 nitrogen and oxygen atoms in total. The number of amidine groups is 1. The van der Waals surface area contributed by atoms with Gasteiger partial charge in [-0.05, 0) is 37.5 Å². The van der Waals surface area contributed by atoms with Crippen LogP contribution in [0.25, 0.3) is 0 Å². The fourth-order valence-electron chi connectivity index (χ4n) is 3.30. The Morgan fingerprint density at radius 1 is 1.25 bits per heavy atom. The van der Waals surface area contributed by atoms with Crippen LogP contribution in [0.5, 0.6) is 0 Å². The largest absolute Gasteiger partial charge is 0.370 e. The summed E-state index contributed by atoms with van der Waals surface area (Å²) >= 11 is 6.14. The number of β-amino-alcohol motifs (C(OH)–C–C–N with tert-alkyl or cyclic N) is 1. The van der Waals surface area contributed by atoms with E-state index in [4.69, 9.17) is 11.6 Å². The Morgan fingerprint density at radius 3 is 2.75 bits per heavy atom. The Bertz CT molecular complexity index is 523. The lowest BCUT2D eigenvalue weighted by molar-refractivity contribution is 0.202. The number of rotatable bonds is 2. The van der Waals surface area contributed by atoms with E-state index in [0.717, 1.165) is 16.5 Å². The number of aliphatic hydroxyl groups excluding tert-OH is 1. The first-order valence-corrected chi connectivity index (χ1v) is 7.82. The maximum atomic E-state index is 9.96. The van der Waals surface area contributed by atoms with Gasteiger partial charge in [0.2, 0.25) is 0 Å². The minimum atomic E-state index is -0.606. The van der Waals surface area contributed by atoms with Gasteiger partial charge in [-0.25, -0.2) is 4.99 Å². The lowest BCUT2D eigenvalue weighted by Gasteiger charge is -2.30. The van der Waals surface area contributed by atoms with Crippen molar-refractivity contribution in [2.24, 2.45) is 10.9 Å². The molecular weight excluding hydrogens is 272 g/mol. The van der Waals surface area contributed by atoms with Gasteiger partial charge in [-0.2, -0.15) is 0 Å². The van der Waals surface area contributed by atoms with Gasteiger partial charge in [-0.15, -0.1) is 0 Å². The molecule has 1 aromatic rings. The van der Waals surface area contributed by atoms with Crippen molar-refractivity contribution >= 4 is 23.1 Å². The number of nitrogens with zero attached hydrogens (tertiary/aromatic N) is 2. The molecule has 1 saturated carbocycles. The summed E-state index contributed by atoms with van der Waals surface area (Å²) < 4.78 is 0. The smallest absolute Gasteiger partial charge is 0.165 e. The third-order valence-electron chi connectivity index (χ3n) is 4.34. The molecule has 1 N–H and O–H groups in total. The van der Waals surface area contributed by atoms with Crippen molar-refractivity contribution < 1.29 is 5.11 Å². The third-order valence-corrected chi connectivity index (χ3v) is 4.57. The van der Waals surface area contributed by atoms with Crippen molar-refractivity contribution in [2.75, 3.05) is 11.4 Å². The zero-order valence-corrected chi connectivity index (χ0v) is 12.6. The maximum absolute atomic E-state index is 9.96. The van der Waals surface area contributed by atoms with Gasteiger partial charge in [-0.3, -0.25) is 0 Å². The van der Waals surface area contributed by atoms with Gasteiger partial charge in [0, 0.05) is 16.6 Å². The maximum Gasteiger partial charge on any atom is 0.165 e. The number of anilines is 1. The van der Waals surface area contributed by atoms with Crippen molar-refractivity contribution in [1.29, 1.82) is 0 Å². The molecule has 2 aliphatic rings. The number of hydrogen-bond donors (Lipinski definition) is 1. The van der Waals surface area contributed by atoms with Gasteiger partial charge in [0.15, 0.2) is 6.23 Å². The summed E-state index contributed by atoms with van der Waals surface area (Å²) in [5.41, 5.74) is 2.25.